The number of carbonyl (C=O) groups is 2. The zero-order valence-electron chi connectivity index (χ0n) is 22.4. The minimum absolute atomic E-state index is 0.0785. The van der Waals surface area contributed by atoms with Gasteiger partial charge in [0.1, 0.15) is 5.60 Å². The van der Waals surface area contributed by atoms with E-state index in [-0.39, 0.29) is 28.5 Å². The summed E-state index contributed by atoms with van der Waals surface area (Å²) in [6, 6.07) is 7.41. The molecule has 1 aliphatic heterocycles. The fraction of sp³-hybridized carbons (Fsp3) is 0.357. The molecule has 1 aliphatic rings. The van der Waals surface area contributed by atoms with Crippen molar-refractivity contribution in [1.29, 1.82) is 0 Å². The molecule has 11 heteroatoms. The van der Waals surface area contributed by atoms with Gasteiger partial charge >= 0.3 is 11.7 Å². The van der Waals surface area contributed by atoms with Crippen LogP contribution in [0.5, 0.6) is 0 Å². The Morgan fingerprint density at radius 1 is 1.21 bits per heavy atom. The number of carbonyl (C=O) groups excluding carboxylic acids is 2. The van der Waals surface area contributed by atoms with Crippen molar-refractivity contribution in [3.63, 3.8) is 0 Å². The van der Waals surface area contributed by atoms with Gasteiger partial charge in [-0.3, -0.25) is 4.79 Å². The molecule has 204 valence electrons. The maximum Gasteiger partial charge on any atom is 0.410 e. The standard InChI is InChI=1S/C28H30FN5O5/c1-16-13-34-14-17(12-21(29)25(34)30-16)31-26(36)20-6-8-22(19-7-9-23(35)38-24(19)20)33-11-10-18(15-33)32(5)27(37)39-28(2,3)4/h6-9,12-14,18H,10-11,15H2,1-5H3,(H,31,36). The van der Waals surface area contributed by atoms with Crippen molar-refractivity contribution in [2.24, 2.45) is 0 Å². The third kappa shape index (κ3) is 5.29. The molecule has 4 aromatic rings. The van der Waals surface area contributed by atoms with Crippen LogP contribution in [0.2, 0.25) is 0 Å². The van der Waals surface area contributed by atoms with Crippen LogP contribution < -0.4 is 15.8 Å². The molecule has 2 amide bonds. The molecule has 1 N–H and O–H groups in total. The number of amides is 2. The van der Waals surface area contributed by atoms with E-state index in [1.165, 1.54) is 16.5 Å². The largest absolute Gasteiger partial charge is 0.444 e. The maximum atomic E-state index is 14.5. The second-order valence-corrected chi connectivity index (χ2v) is 10.8. The third-order valence-corrected chi connectivity index (χ3v) is 6.62. The number of benzene rings is 1. The topological polar surface area (TPSA) is 109 Å². The highest BCUT2D eigenvalue weighted by molar-refractivity contribution is 6.13. The molecule has 0 bridgehead atoms. The van der Waals surface area contributed by atoms with Crippen LogP contribution in [-0.2, 0) is 4.74 Å². The number of nitrogens with one attached hydrogen (secondary N) is 1. The summed E-state index contributed by atoms with van der Waals surface area (Å²) < 4.78 is 27.0. The predicted octanol–water partition coefficient (Wildman–Crippen LogP) is 4.59. The van der Waals surface area contributed by atoms with E-state index in [4.69, 9.17) is 9.15 Å². The Labute approximate surface area is 224 Å². The zero-order valence-corrected chi connectivity index (χ0v) is 22.4. The molecule has 1 unspecified atom stereocenters. The summed E-state index contributed by atoms with van der Waals surface area (Å²) in [5, 5.41) is 3.27. The van der Waals surface area contributed by atoms with Gasteiger partial charge in [0.25, 0.3) is 5.91 Å². The highest BCUT2D eigenvalue weighted by atomic mass is 19.1. The van der Waals surface area contributed by atoms with Gasteiger partial charge in [-0.2, -0.15) is 0 Å². The molecular weight excluding hydrogens is 505 g/mol. The van der Waals surface area contributed by atoms with Gasteiger partial charge in [0.05, 0.1) is 23.0 Å². The van der Waals surface area contributed by atoms with E-state index >= 15 is 0 Å². The van der Waals surface area contributed by atoms with E-state index in [1.54, 1.807) is 49.5 Å². The Hall–Kier alpha value is -4.41. The number of nitrogens with zero attached hydrogens (tertiary/aromatic N) is 4. The Bertz CT molecular complexity index is 1650. The Kier molecular flexibility index (Phi) is 6.53. The molecule has 3 aromatic heterocycles. The molecule has 4 heterocycles. The van der Waals surface area contributed by atoms with Crippen molar-refractivity contribution in [2.75, 3.05) is 30.4 Å². The summed E-state index contributed by atoms with van der Waals surface area (Å²) in [5.74, 6) is -1.13. The summed E-state index contributed by atoms with van der Waals surface area (Å²) in [5.41, 5.74) is 0.867. The first-order valence-corrected chi connectivity index (χ1v) is 12.6. The number of imidazole rings is 1. The van der Waals surface area contributed by atoms with Crippen molar-refractivity contribution < 1.29 is 23.1 Å². The van der Waals surface area contributed by atoms with Crippen molar-refractivity contribution >= 4 is 40.0 Å². The fourth-order valence-electron chi connectivity index (χ4n) is 4.81. The normalized spacial score (nSPS) is 15.6. The van der Waals surface area contributed by atoms with Crippen LogP contribution in [0.4, 0.5) is 20.6 Å². The number of anilines is 2. The van der Waals surface area contributed by atoms with E-state index in [1.807, 2.05) is 20.8 Å². The highest BCUT2D eigenvalue weighted by Gasteiger charge is 2.32. The number of fused-ring (bicyclic) bond motifs is 2. The van der Waals surface area contributed by atoms with Gasteiger partial charge in [0, 0.05) is 55.7 Å². The van der Waals surface area contributed by atoms with Crippen LogP contribution in [0.15, 0.2) is 51.9 Å². The Morgan fingerprint density at radius 3 is 2.72 bits per heavy atom. The number of rotatable bonds is 4. The summed E-state index contributed by atoms with van der Waals surface area (Å²) in [4.78, 5) is 45.8. The first kappa shape index (κ1) is 26.2. The minimum atomic E-state index is -0.598. The van der Waals surface area contributed by atoms with E-state index in [9.17, 15) is 18.8 Å². The number of halogens is 1. The number of ether oxygens (including phenoxy) is 1. The molecule has 0 radical (unpaired) electrons. The van der Waals surface area contributed by atoms with E-state index < -0.39 is 29.0 Å². The second-order valence-electron chi connectivity index (χ2n) is 10.8. The molecule has 0 spiro atoms. The predicted molar refractivity (Wildman–Crippen MR) is 145 cm³/mol. The molecule has 0 aliphatic carbocycles. The molecule has 1 fully saturated rings. The van der Waals surface area contributed by atoms with Crippen molar-refractivity contribution in [2.45, 2.75) is 45.8 Å². The first-order chi connectivity index (χ1) is 18.4. The second kappa shape index (κ2) is 9.72. The van der Waals surface area contributed by atoms with Crippen LogP contribution in [0, 0.1) is 12.7 Å². The minimum Gasteiger partial charge on any atom is -0.444 e. The summed E-state index contributed by atoms with van der Waals surface area (Å²) in [7, 11) is 1.72. The third-order valence-electron chi connectivity index (χ3n) is 6.62. The monoisotopic (exact) mass is 535 g/mol. The smallest absolute Gasteiger partial charge is 0.410 e. The van der Waals surface area contributed by atoms with Gasteiger partial charge in [-0.15, -0.1) is 0 Å². The van der Waals surface area contributed by atoms with Crippen LogP contribution in [-0.4, -0.2) is 58.1 Å². The lowest BCUT2D eigenvalue weighted by Crippen LogP contribution is -2.42. The number of aromatic nitrogens is 2. The highest BCUT2D eigenvalue weighted by Crippen LogP contribution is 2.32. The molecule has 1 aromatic carbocycles. The van der Waals surface area contributed by atoms with Crippen molar-refractivity contribution in [3.8, 4) is 0 Å². The van der Waals surface area contributed by atoms with Crippen molar-refractivity contribution in [3.05, 3.63) is 70.2 Å². The molecule has 1 saturated heterocycles. The van der Waals surface area contributed by atoms with E-state index in [0.717, 1.165) is 12.1 Å². The number of aryl methyl sites for hydroxylation is 1. The molecule has 10 nitrogen and oxygen atoms in total. The van der Waals surface area contributed by atoms with Gasteiger partial charge in [-0.1, -0.05) is 0 Å². The number of pyridine rings is 1. The van der Waals surface area contributed by atoms with Crippen molar-refractivity contribution in [1.82, 2.24) is 14.3 Å². The fourth-order valence-corrected chi connectivity index (χ4v) is 4.81. The van der Waals surface area contributed by atoms with E-state index in [0.29, 0.717) is 24.2 Å². The first-order valence-electron chi connectivity index (χ1n) is 12.6. The number of likely N-dealkylation sites (N-methyl/N-ethyl adjacent to an activating group) is 1. The molecule has 0 saturated carbocycles. The zero-order chi connectivity index (χ0) is 28.1. The van der Waals surface area contributed by atoms with Gasteiger partial charge in [0.2, 0.25) is 0 Å². The Balaban J connectivity index is 1.42. The van der Waals surface area contributed by atoms with Crippen LogP contribution in [0.25, 0.3) is 16.6 Å². The molecule has 1 atom stereocenters. The average Bonchev–Trinajstić information content (AvgIpc) is 3.48. The van der Waals surface area contributed by atoms with Gasteiger partial charge in [-0.05, 0) is 52.3 Å². The lowest BCUT2D eigenvalue weighted by molar-refractivity contribution is 0.0237. The summed E-state index contributed by atoms with van der Waals surface area (Å²) >= 11 is 0. The average molecular weight is 536 g/mol. The number of hydrogen-bond acceptors (Lipinski definition) is 7. The molecular formula is C28H30FN5O5. The Morgan fingerprint density at radius 2 is 1.97 bits per heavy atom. The quantitative estimate of drug-likeness (QED) is 0.381. The van der Waals surface area contributed by atoms with Gasteiger partial charge in [-0.25, -0.2) is 19.0 Å². The van der Waals surface area contributed by atoms with Gasteiger partial charge < -0.3 is 28.7 Å². The summed E-state index contributed by atoms with van der Waals surface area (Å²) in [6.07, 6.45) is 3.55. The lowest BCUT2D eigenvalue weighted by atomic mass is 10.1. The van der Waals surface area contributed by atoms with Crippen LogP contribution in [0.3, 0.4) is 0 Å². The van der Waals surface area contributed by atoms with E-state index in [2.05, 4.69) is 15.2 Å². The lowest BCUT2D eigenvalue weighted by Gasteiger charge is -2.29. The van der Waals surface area contributed by atoms with Crippen LogP contribution in [0.1, 0.15) is 43.2 Å². The van der Waals surface area contributed by atoms with Gasteiger partial charge in [0.15, 0.2) is 17.0 Å². The number of hydrogen-bond donors (Lipinski definition) is 1. The van der Waals surface area contributed by atoms with Crippen LogP contribution >= 0.6 is 0 Å². The SMILES string of the molecule is Cc1cn2cc(NC(=O)c3ccc(N4CCC(N(C)C(=O)OC(C)(C)C)C4)c4ccc(=O)oc34)cc(F)c2n1. The molecule has 5 rings (SSSR count). The molecule has 39 heavy (non-hydrogen) atoms. The maximum absolute atomic E-state index is 14.5. The summed E-state index contributed by atoms with van der Waals surface area (Å²) in [6.45, 7) is 8.42.